The largest absolute Gasteiger partial charge is 0.344 e. The van der Waals surface area contributed by atoms with Crippen LogP contribution in [0.4, 0.5) is 4.79 Å². The highest BCUT2D eigenvalue weighted by atomic mass is 16.8. The molecule has 0 radical (unpaired) electrons. The zero-order chi connectivity index (χ0) is 16.1. The Balaban J connectivity index is 1.35. The fourth-order valence-electron chi connectivity index (χ4n) is 2.87. The molecule has 1 atom stereocenters. The van der Waals surface area contributed by atoms with E-state index >= 15 is 0 Å². The Morgan fingerprint density at radius 3 is 2.87 bits per heavy atom. The number of hydrogen-bond donors (Lipinski definition) is 1. The zero-order valence-corrected chi connectivity index (χ0v) is 13.2. The van der Waals surface area contributed by atoms with Gasteiger partial charge >= 0.3 is 6.03 Å². The Kier molecular flexibility index (Phi) is 5.12. The molecule has 2 fully saturated rings. The number of hydroxylamine groups is 2. The maximum Gasteiger partial charge on any atom is 0.344 e. The van der Waals surface area contributed by atoms with Crippen molar-refractivity contribution in [2.75, 3.05) is 19.6 Å². The average molecular weight is 317 g/mol. The first-order valence-electron chi connectivity index (χ1n) is 8.32. The average Bonchev–Trinajstić information content (AvgIpc) is 3.38. The fraction of sp³-hybridized carbons (Fsp3) is 0.529. The van der Waals surface area contributed by atoms with E-state index in [4.69, 9.17) is 4.84 Å². The Bertz CT molecular complexity index is 549. The van der Waals surface area contributed by atoms with Crippen LogP contribution in [0.15, 0.2) is 30.3 Å². The molecule has 3 amide bonds. The number of likely N-dealkylation sites (tertiary alicyclic amines) is 1. The maximum atomic E-state index is 12.0. The molecule has 0 aromatic heterocycles. The van der Waals surface area contributed by atoms with Gasteiger partial charge in [-0.05, 0) is 19.3 Å². The molecule has 2 aliphatic heterocycles. The number of nitrogens with zero attached hydrogens (tertiary/aromatic N) is 2. The van der Waals surface area contributed by atoms with Gasteiger partial charge in [0.2, 0.25) is 12.1 Å². The summed E-state index contributed by atoms with van der Waals surface area (Å²) in [5.74, 6) is 0.243. The van der Waals surface area contributed by atoms with Gasteiger partial charge in [0, 0.05) is 31.6 Å². The third-order valence-corrected chi connectivity index (χ3v) is 4.22. The van der Waals surface area contributed by atoms with Crippen LogP contribution in [0.2, 0.25) is 0 Å². The number of amides is 3. The molecule has 6 nitrogen and oxygen atoms in total. The third-order valence-electron chi connectivity index (χ3n) is 4.22. The lowest BCUT2D eigenvalue weighted by Gasteiger charge is -2.20. The van der Waals surface area contributed by atoms with Gasteiger partial charge in [-0.3, -0.25) is 4.79 Å². The SMILES string of the molecule is O=C1CCCCCN1CCCNC(=O)N1OC1c1ccccc1. The van der Waals surface area contributed by atoms with Crippen molar-refractivity contribution in [1.82, 2.24) is 15.3 Å². The molecule has 6 heteroatoms. The van der Waals surface area contributed by atoms with E-state index in [0.717, 1.165) is 37.8 Å². The van der Waals surface area contributed by atoms with E-state index in [1.807, 2.05) is 35.2 Å². The molecule has 1 aromatic carbocycles. The summed E-state index contributed by atoms with van der Waals surface area (Å²) in [4.78, 5) is 31.1. The molecule has 2 saturated heterocycles. The second-order valence-electron chi connectivity index (χ2n) is 5.97. The van der Waals surface area contributed by atoms with Crippen LogP contribution in [-0.4, -0.2) is 41.5 Å². The summed E-state index contributed by atoms with van der Waals surface area (Å²) in [7, 11) is 0. The van der Waals surface area contributed by atoms with Gasteiger partial charge in [-0.1, -0.05) is 36.8 Å². The Labute approximate surface area is 136 Å². The van der Waals surface area contributed by atoms with Crippen molar-refractivity contribution >= 4 is 11.9 Å². The summed E-state index contributed by atoms with van der Waals surface area (Å²) in [6, 6.07) is 9.42. The second kappa shape index (κ2) is 7.46. The highest BCUT2D eigenvalue weighted by molar-refractivity contribution is 5.76. The Morgan fingerprint density at radius 1 is 1.22 bits per heavy atom. The normalized spacial score (nSPS) is 21.0. The smallest absolute Gasteiger partial charge is 0.343 e. The van der Waals surface area contributed by atoms with E-state index in [-0.39, 0.29) is 18.2 Å². The van der Waals surface area contributed by atoms with Crippen molar-refractivity contribution in [2.24, 2.45) is 0 Å². The van der Waals surface area contributed by atoms with Gasteiger partial charge in [0.1, 0.15) is 0 Å². The molecule has 0 saturated carbocycles. The number of hydrogen-bond acceptors (Lipinski definition) is 3. The molecule has 2 aliphatic rings. The first-order chi connectivity index (χ1) is 11.3. The fourth-order valence-corrected chi connectivity index (χ4v) is 2.87. The molecule has 124 valence electrons. The van der Waals surface area contributed by atoms with Gasteiger partial charge in [-0.2, -0.15) is 5.06 Å². The number of benzene rings is 1. The van der Waals surface area contributed by atoms with Crippen molar-refractivity contribution in [3.05, 3.63) is 35.9 Å². The summed E-state index contributed by atoms with van der Waals surface area (Å²) in [5.41, 5.74) is 0.970. The summed E-state index contributed by atoms with van der Waals surface area (Å²) in [6.45, 7) is 2.10. The first-order valence-corrected chi connectivity index (χ1v) is 8.32. The lowest BCUT2D eigenvalue weighted by molar-refractivity contribution is -0.130. The molecule has 1 aromatic rings. The molecule has 3 rings (SSSR count). The van der Waals surface area contributed by atoms with E-state index in [2.05, 4.69) is 5.32 Å². The van der Waals surface area contributed by atoms with Crippen molar-refractivity contribution in [3.63, 3.8) is 0 Å². The van der Waals surface area contributed by atoms with Crippen LogP contribution in [0.25, 0.3) is 0 Å². The topological polar surface area (TPSA) is 65.0 Å². The molecule has 0 bridgehead atoms. The zero-order valence-electron chi connectivity index (χ0n) is 13.2. The molecule has 1 N–H and O–H groups in total. The van der Waals surface area contributed by atoms with Gasteiger partial charge in [0.05, 0.1) is 0 Å². The van der Waals surface area contributed by atoms with Crippen molar-refractivity contribution in [3.8, 4) is 0 Å². The molecule has 23 heavy (non-hydrogen) atoms. The van der Waals surface area contributed by atoms with E-state index in [0.29, 0.717) is 19.5 Å². The number of nitrogens with one attached hydrogen (secondary N) is 1. The van der Waals surface area contributed by atoms with Crippen LogP contribution in [0.5, 0.6) is 0 Å². The summed E-state index contributed by atoms with van der Waals surface area (Å²) >= 11 is 0. The van der Waals surface area contributed by atoms with E-state index in [1.54, 1.807) is 0 Å². The predicted molar refractivity (Wildman–Crippen MR) is 85.2 cm³/mol. The second-order valence-corrected chi connectivity index (χ2v) is 5.97. The van der Waals surface area contributed by atoms with Gasteiger partial charge < -0.3 is 10.2 Å². The van der Waals surface area contributed by atoms with Gasteiger partial charge in [-0.15, -0.1) is 0 Å². The molecule has 1 unspecified atom stereocenters. The molecule has 0 spiro atoms. The van der Waals surface area contributed by atoms with Crippen LogP contribution in [0.1, 0.15) is 43.9 Å². The maximum absolute atomic E-state index is 12.0. The monoisotopic (exact) mass is 317 g/mol. The molecule has 0 aliphatic carbocycles. The summed E-state index contributed by atoms with van der Waals surface area (Å²) in [6.07, 6.45) is 4.36. The summed E-state index contributed by atoms with van der Waals surface area (Å²) in [5, 5.41) is 4.18. The van der Waals surface area contributed by atoms with E-state index < -0.39 is 0 Å². The van der Waals surface area contributed by atoms with Gasteiger partial charge in [0.25, 0.3) is 0 Å². The highest BCUT2D eigenvalue weighted by Gasteiger charge is 2.42. The van der Waals surface area contributed by atoms with Crippen molar-refractivity contribution < 1.29 is 14.4 Å². The standard InChI is InChI=1S/C17H23N3O3/c21-15-10-5-2-6-12-19(15)13-7-11-18-17(22)20-16(23-20)14-8-3-1-4-9-14/h1,3-4,8-9,16H,2,5-7,10-13H2,(H,18,22). The minimum atomic E-state index is -0.275. The Morgan fingerprint density at radius 2 is 2.04 bits per heavy atom. The van der Waals surface area contributed by atoms with Crippen molar-refractivity contribution in [2.45, 2.75) is 38.3 Å². The third kappa shape index (κ3) is 4.22. The van der Waals surface area contributed by atoms with Crippen LogP contribution >= 0.6 is 0 Å². The van der Waals surface area contributed by atoms with Gasteiger partial charge in [0.15, 0.2) is 0 Å². The minimum Gasteiger partial charge on any atom is -0.343 e. The van der Waals surface area contributed by atoms with Crippen molar-refractivity contribution in [1.29, 1.82) is 0 Å². The first kappa shape index (κ1) is 15.8. The van der Waals surface area contributed by atoms with Crippen LogP contribution in [-0.2, 0) is 9.63 Å². The van der Waals surface area contributed by atoms with E-state index in [9.17, 15) is 9.59 Å². The number of rotatable bonds is 5. The van der Waals surface area contributed by atoms with E-state index in [1.165, 1.54) is 5.06 Å². The van der Waals surface area contributed by atoms with Crippen LogP contribution < -0.4 is 5.32 Å². The quantitative estimate of drug-likeness (QED) is 0.670. The van der Waals surface area contributed by atoms with Crippen LogP contribution in [0.3, 0.4) is 0 Å². The minimum absolute atomic E-state index is 0.221. The molecular formula is C17H23N3O3. The lowest BCUT2D eigenvalue weighted by atomic mass is 10.2. The highest BCUT2D eigenvalue weighted by Crippen LogP contribution is 2.36. The lowest BCUT2D eigenvalue weighted by Crippen LogP contribution is -2.35. The number of carbonyl (C=O) groups is 2. The van der Waals surface area contributed by atoms with Gasteiger partial charge in [-0.25, -0.2) is 9.63 Å². The Hall–Kier alpha value is -2.08. The molecule has 2 heterocycles. The van der Waals surface area contributed by atoms with Crippen LogP contribution in [0, 0.1) is 0 Å². The molecular weight excluding hydrogens is 294 g/mol. The number of carbonyl (C=O) groups excluding carboxylic acids is 2. The number of urea groups is 1. The summed E-state index contributed by atoms with van der Waals surface area (Å²) < 4.78 is 0. The predicted octanol–water partition coefficient (Wildman–Crippen LogP) is 2.43.